The van der Waals surface area contributed by atoms with Gasteiger partial charge in [0.05, 0.1) is 11.3 Å². The molecule has 0 heterocycles. The van der Waals surface area contributed by atoms with Crippen LogP contribution in [0.1, 0.15) is 59.4 Å². The van der Waals surface area contributed by atoms with Crippen molar-refractivity contribution in [1.82, 2.24) is 0 Å². The van der Waals surface area contributed by atoms with Gasteiger partial charge in [-0.15, -0.1) is 0 Å². The molecule has 0 aromatic heterocycles. The number of allylic oxidation sites excluding steroid dienone is 9. The molecule has 0 atom stereocenters. The molecular weight excluding hydrogens is 411 g/mol. The Morgan fingerprint density at radius 3 is 2.44 bits per heavy atom. The van der Waals surface area contributed by atoms with E-state index in [9.17, 15) is 18.0 Å². The SMILES string of the molecule is CC(C=CC1=C(C)CCCC1(C)C)=CC=CC(C)=CC(=O)Nc1ccccc1C(F)(F)F. The third kappa shape index (κ3) is 7.40. The highest BCUT2D eigenvalue weighted by Crippen LogP contribution is 2.40. The fraction of sp³-hybridized carbons (Fsp3) is 0.370. The monoisotopic (exact) mass is 443 g/mol. The normalized spacial score (nSPS) is 18.0. The van der Waals surface area contributed by atoms with Gasteiger partial charge in [-0.3, -0.25) is 4.79 Å². The molecule has 1 aromatic rings. The first kappa shape index (κ1) is 25.4. The quantitative estimate of drug-likeness (QED) is 0.349. The lowest BCUT2D eigenvalue weighted by Gasteiger charge is -2.32. The van der Waals surface area contributed by atoms with E-state index in [4.69, 9.17) is 0 Å². The predicted molar refractivity (Wildman–Crippen MR) is 126 cm³/mol. The van der Waals surface area contributed by atoms with E-state index in [-0.39, 0.29) is 11.1 Å². The summed E-state index contributed by atoms with van der Waals surface area (Å²) in [5.41, 5.74) is 3.60. The van der Waals surface area contributed by atoms with Crippen LogP contribution in [0.3, 0.4) is 0 Å². The molecule has 5 heteroatoms. The lowest BCUT2D eigenvalue weighted by Crippen LogP contribution is -2.19. The van der Waals surface area contributed by atoms with Crippen LogP contribution in [-0.2, 0) is 11.0 Å². The first-order valence-electron chi connectivity index (χ1n) is 10.8. The van der Waals surface area contributed by atoms with E-state index in [1.165, 1.54) is 48.3 Å². The van der Waals surface area contributed by atoms with Gasteiger partial charge in [-0.25, -0.2) is 0 Å². The smallest absolute Gasteiger partial charge is 0.322 e. The summed E-state index contributed by atoms with van der Waals surface area (Å²) in [5.74, 6) is -0.605. The van der Waals surface area contributed by atoms with Crippen LogP contribution in [-0.4, -0.2) is 5.91 Å². The highest BCUT2D eigenvalue weighted by molar-refractivity contribution is 6.00. The van der Waals surface area contributed by atoms with Crippen LogP contribution in [0, 0.1) is 5.41 Å². The van der Waals surface area contributed by atoms with Crippen molar-refractivity contribution in [2.24, 2.45) is 5.41 Å². The van der Waals surface area contributed by atoms with Crippen molar-refractivity contribution in [3.8, 4) is 0 Å². The number of alkyl halides is 3. The fourth-order valence-corrected chi connectivity index (χ4v) is 3.90. The van der Waals surface area contributed by atoms with E-state index < -0.39 is 17.6 Å². The van der Waals surface area contributed by atoms with Gasteiger partial charge in [-0.05, 0) is 68.7 Å². The second-order valence-corrected chi connectivity index (χ2v) is 8.96. The first-order valence-corrected chi connectivity index (χ1v) is 10.8. The molecule has 1 amide bonds. The number of anilines is 1. The highest BCUT2D eigenvalue weighted by Gasteiger charge is 2.33. The topological polar surface area (TPSA) is 29.1 Å². The zero-order valence-electron chi connectivity index (χ0n) is 19.4. The second kappa shape index (κ2) is 10.7. The lowest BCUT2D eigenvalue weighted by molar-refractivity contribution is -0.136. The molecule has 172 valence electrons. The molecule has 0 saturated carbocycles. The van der Waals surface area contributed by atoms with Crippen molar-refractivity contribution in [3.63, 3.8) is 0 Å². The van der Waals surface area contributed by atoms with Gasteiger partial charge in [0.25, 0.3) is 0 Å². The molecule has 0 bridgehead atoms. The average molecular weight is 444 g/mol. The fourth-order valence-electron chi connectivity index (χ4n) is 3.90. The van der Waals surface area contributed by atoms with E-state index in [1.54, 1.807) is 13.0 Å². The molecule has 1 N–H and O–H groups in total. The first-order chi connectivity index (χ1) is 14.9. The van der Waals surface area contributed by atoms with E-state index in [1.807, 2.05) is 19.1 Å². The van der Waals surface area contributed by atoms with Crippen molar-refractivity contribution in [2.75, 3.05) is 5.32 Å². The van der Waals surface area contributed by atoms with Gasteiger partial charge in [-0.2, -0.15) is 13.2 Å². The van der Waals surface area contributed by atoms with Gasteiger partial charge in [0, 0.05) is 6.08 Å². The molecule has 1 aromatic carbocycles. The van der Waals surface area contributed by atoms with Crippen molar-refractivity contribution in [3.05, 3.63) is 88.6 Å². The Bertz CT molecular complexity index is 988. The Morgan fingerprint density at radius 1 is 1.09 bits per heavy atom. The van der Waals surface area contributed by atoms with Crippen LogP contribution >= 0.6 is 0 Å². The van der Waals surface area contributed by atoms with Gasteiger partial charge >= 0.3 is 6.18 Å². The largest absolute Gasteiger partial charge is 0.418 e. The van der Waals surface area contributed by atoms with Gasteiger partial charge in [0.2, 0.25) is 5.91 Å². The standard InChI is InChI=1S/C27H32F3NO/c1-19(15-16-22-21(3)12-9-17-26(22,4)5)10-8-11-20(2)18-25(32)31-24-14-7-6-13-23(24)27(28,29)30/h6-8,10-11,13-16,18H,9,12,17H2,1-5H3,(H,31,32). The third-order valence-electron chi connectivity index (χ3n) is 5.62. The Morgan fingerprint density at radius 2 is 1.78 bits per heavy atom. The average Bonchev–Trinajstić information content (AvgIpc) is 2.66. The number of carbonyl (C=O) groups is 1. The van der Waals surface area contributed by atoms with E-state index >= 15 is 0 Å². The number of hydrogen-bond donors (Lipinski definition) is 1. The molecule has 32 heavy (non-hydrogen) atoms. The molecule has 0 spiro atoms. The second-order valence-electron chi connectivity index (χ2n) is 8.96. The molecule has 0 saturated heterocycles. The summed E-state index contributed by atoms with van der Waals surface area (Å²) in [7, 11) is 0. The molecule has 0 aliphatic heterocycles. The summed E-state index contributed by atoms with van der Waals surface area (Å²) < 4.78 is 39.2. The van der Waals surface area contributed by atoms with Crippen molar-refractivity contribution < 1.29 is 18.0 Å². The van der Waals surface area contributed by atoms with Crippen molar-refractivity contribution >= 4 is 11.6 Å². The summed E-state index contributed by atoms with van der Waals surface area (Å²) in [6, 6.07) is 4.93. The number of hydrogen-bond acceptors (Lipinski definition) is 1. The van der Waals surface area contributed by atoms with Crippen molar-refractivity contribution in [2.45, 2.75) is 60.1 Å². The van der Waals surface area contributed by atoms with E-state index in [2.05, 4.69) is 38.2 Å². The van der Waals surface area contributed by atoms with E-state index in [0.29, 0.717) is 5.57 Å². The number of para-hydroxylation sites is 1. The zero-order chi connectivity index (χ0) is 23.9. The van der Waals surface area contributed by atoms with Crippen LogP contribution < -0.4 is 5.32 Å². The molecule has 2 nitrogen and oxygen atoms in total. The van der Waals surface area contributed by atoms with Gasteiger partial charge in [-0.1, -0.05) is 67.5 Å². The number of rotatable bonds is 6. The van der Waals surface area contributed by atoms with Gasteiger partial charge in [0.1, 0.15) is 0 Å². The predicted octanol–water partition coefficient (Wildman–Crippen LogP) is 8.18. The molecular formula is C27H32F3NO. The number of nitrogens with one attached hydrogen (secondary N) is 1. The Labute approximate surface area is 189 Å². The zero-order valence-corrected chi connectivity index (χ0v) is 19.4. The maximum Gasteiger partial charge on any atom is 0.418 e. The molecule has 1 aliphatic rings. The molecule has 0 radical (unpaired) electrons. The maximum absolute atomic E-state index is 13.1. The Kier molecular flexibility index (Phi) is 8.48. The summed E-state index contributed by atoms with van der Waals surface area (Å²) in [6.07, 6.45) is 10.1. The van der Waals surface area contributed by atoms with Gasteiger partial charge in [0.15, 0.2) is 0 Å². The number of benzene rings is 1. The molecule has 0 fully saturated rings. The van der Waals surface area contributed by atoms with Crippen molar-refractivity contribution in [1.29, 1.82) is 0 Å². The Balaban J connectivity index is 2.03. The van der Waals surface area contributed by atoms with E-state index in [0.717, 1.165) is 18.1 Å². The summed E-state index contributed by atoms with van der Waals surface area (Å²) in [4.78, 5) is 12.1. The highest BCUT2D eigenvalue weighted by atomic mass is 19.4. The van der Waals surface area contributed by atoms with Crippen LogP contribution in [0.15, 0.2) is 83.0 Å². The number of amides is 1. The van der Waals surface area contributed by atoms with Crippen LogP contribution in [0.5, 0.6) is 0 Å². The Hall–Kier alpha value is -2.82. The number of carbonyl (C=O) groups excluding carboxylic acids is 1. The molecule has 2 rings (SSSR count). The summed E-state index contributed by atoms with van der Waals surface area (Å²) in [6.45, 7) is 10.5. The van der Waals surface area contributed by atoms with Gasteiger partial charge < -0.3 is 5.32 Å². The molecule has 0 unspecified atom stereocenters. The minimum absolute atomic E-state index is 0.187. The minimum Gasteiger partial charge on any atom is -0.322 e. The minimum atomic E-state index is -4.53. The third-order valence-corrected chi connectivity index (χ3v) is 5.62. The summed E-state index contributed by atoms with van der Waals surface area (Å²) in [5, 5.41) is 2.31. The molecule has 1 aliphatic carbocycles. The van der Waals surface area contributed by atoms with Crippen LogP contribution in [0.4, 0.5) is 18.9 Å². The maximum atomic E-state index is 13.1. The lowest BCUT2D eigenvalue weighted by atomic mass is 9.72. The summed E-state index contributed by atoms with van der Waals surface area (Å²) >= 11 is 0. The number of halogens is 3. The van der Waals surface area contributed by atoms with Crippen LogP contribution in [0.2, 0.25) is 0 Å². The van der Waals surface area contributed by atoms with Crippen LogP contribution in [0.25, 0.3) is 0 Å².